The molecule has 0 radical (unpaired) electrons. The molecular formula is C15H21F2N3O2. The van der Waals surface area contributed by atoms with Gasteiger partial charge in [-0.3, -0.25) is 0 Å². The zero-order valence-corrected chi connectivity index (χ0v) is 12.7. The molecule has 3 rings (SSSR count). The Kier molecular flexibility index (Phi) is 4.54. The van der Waals surface area contributed by atoms with Crippen LogP contribution in [0.4, 0.5) is 14.6 Å². The molecule has 0 spiro atoms. The van der Waals surface area contributed by atoms with E-state index in [1.165, 1.54) is 0 Å². The third kappa shape index (κ3) is 3.52. The fraction of sp³-hybridized carbons (Fsp3) is 0.733. The van der Waals surface area contributed by atoms with Crippen LogP contribution in [0.5, 0.6) is 0 Å². The third-order valence-electron chi connectivity index (χ3n) is 4.22. The molecule has 5 nitrogen and oxygen atoms in total. The fourth-order valence-electron chi connectivity index (χ4n) is 2.90. The SMILES string of the molecule is COCc1nc([C@H]2CCOC2)cc(N2CCC(F)(F)CC2)n1. The Morgan fingerprint density at radius 3 is 2.77 bits per heavy atom. The van der Waals surface area contributed by atoms with Crippen LogP contribution in [0.25, 0.3) is 0 Å². The smallest absolute Gasteiger partial charge is 0.251 e. The van der Waals surface area contributed by atoms with Crippen LogP contribution in [0.1, 0.15) is 36.7 Å². The molecule has 0 bridgehead atoms. The molecule has 0 aliphatic carbocycles. The summed E-state index contributed by atoms with van der Waals surface area (Å²) >= 11 is 0. The minimum atomic E-state index is -2.55. The van der Waals surface area contributed by atoms with Crippen molar-refractivity contribution in [3.05, 3.63) is 17.6 Å². The van der Waals surface area contributed by atoms with Crippen molar-refractivity contribution in [1.82, 2.24) is 9.97 Å². The van der Waals surface area contributed by atoms with Gasteiger partial charge in [0.2, 0.25) is 0 Å². The molecule has 0 N–H and O–H groups in total. The van der Waals surface area contributed by atoms with Crippen molar-refractivity contribution in [3.8, 4) is 0 Å². The standard InChI is InChI=1S/C15H21F2N3O2/c1-21-10-13-18-12(11-2-7-22-9-11)8-14(19-13)20-5-3-15(16,17)4-6-20/h8,11H,2-7,9-10H2,1H3/t11-/m0/s1. The Morgan fingerprint density at radius 1 is 1.36 bits per heavy atom. The first-order valence-electron chi connectivity index (χ1n) is 7.65. The summed E-state index contributed by atoms with van der Waals surface area (Å²) in [5, 5.41) is 0. The highest BCUT2D eigenvalue weighted by Gasteiger charge is 2.34. The summed E-state index contributed by atoms with van der Waals surface area (Å²) in [5.74, 6) is -0.983. The average Bonchev–Trinajstić information content (AvgIpc) is 3.01. The third-order valence-corrected chi connectivity index (χ3v) is 4.22. The van der Waals surface area contributed by atoms with Crippen LogP contribution in [0.3, 0.4) is 0 Å². The van der Waals surface area contributed by atoms with Crippen LogP contribution < -0.4 is 4.90 Å². The van der Waals surface area contributed by atoms with Crippen LogP contribution in [0, 0.1) is 0 Å². The summed E-state index contributed by atoms with van der Waals surface area (Å²) in [5.41, 5.74) is 0.923. The largest absolute Gasteiger partial charge is 0.381 e. The number of piperidine rings is 1. The van der Waals surface area contributed by atoms with Crippen molar-refractivity contribution < 1.29 is 18.3 Å². The number of nitrogens with zero attached hydrogens (tertiary/aromatic N) is 3. The van der Waals surface area contributed by atoms with E-state index in [-0.39, 0.29) is 18.8 Å². The molecule has 7 heteroatoms. The fourth-order valence-corrected chi connectivity index (χ4v) is 2.90. The van der Waals surface area contributed by atoms with Gasteiger partial charge in [-0.1, -0.05) is 0 Å². The van der Waals surface area contributed by atoms with E-state index in [9.17, 15) is 8.78 Å². The monoisotopic (exact) mass is 313 g/mol. The number of rotatable bonds is 4. The van der Waals surface area contributed by atoms with Gasteiger partial charge in [0.15, 0.2) is 5.82 Å². The van der Waals surface area contributed by atoms with Crippen LogP contribution >= 0.6 is 0 Å². The topological polar surface area (TPSA) is 47.5 Å². The summed E-state index contributed by atoms with van der Waals surface area (Å²) in [6.45, 7) is 2.34. The molecule has 1 aromatic heterocycles. The second-order valence-corrected chi connectivity index (χ2v) is 5.90. The molecule has 2 fully saturated rings. The van der Waals surface area contributed by atoms with Crippen molar-refractivity contribution in [3.63, 3.8) is 0 Å². The van der Waals surface area contributed by atoms with E-state index < -0.39 is 5.92 Å². The molecule has 1 atom stereocenters. The molecule has 122 valence electrons. The van der Waals surface area contributed by atoms with Gasteiger partial charge in [0.05, 0.1) is 12.3 Å². The highest BCUT2D eigenvalue weighted by atomic mass is 19.3. The number of aromatic nitrogens is 2. The lowest BCUT2D eigenvalue weighted by Gasteiger charge is -2.33. The van der Waals surface area contributed by atoms with Crippen molar-refractivity contribution in [2.75, 3.05) is 38.3 Å². The van der Waals surface area contributed by atoms with Crippen molar-refractivity contribution in [2.45, 2.75) is 37.7 Å². The Balaban J connectivity index is 1.83. The normalized spacial score (nSPS) is 24.7. The van der Waals surface area contributed by atoms with Crippen molar-refractivity contribution in [1.29, 1.82) is 0 Å². The molecule has 0 saturated carbocycles. The van der Waals surface area contributed by atoms with Gasteiger partial charge >= 0.3 is 0 Å². The van der Waals surface area contributed by atoms with Crippen LogP contribution in [0.15, 0.2) is 6.07 Å². The van der Waals surface area contributed by atoms with E-state index in [1.54, 1.807) is 7.11 Å². The maximum atomic E-state index is 13.3. The zero-order valence-electron chi connectivity index (χ0n) is 12.7. The van der Waals surface area contributed by atoms with Crippen molar-refractivity contribution >= 4 is 5.82 Å². The molecule has 22 heavy (non-hydrogen) atoms. The molecule has 0 aromatic carbocycles. The number of hydrogen-bond acceptors (Lipinski definition) is 5. The van der Waals surface area contributed by atoms with Gasteiger partial charge in [-0.15, -0.1) is 0 Å². The molecule has 1 aromatic rings. The molecular weight excluding hydrogens is 292 g/mol. The second-order valence-electron chi connectivity index (χ2n) is 5.90. The summed E-state index contributed by atoms with van der Waals surface area (Å²) in [6.07, 6.45) is 0.678. The highest BCUT2D eigenvalue weighted by molar-refractivity contribution is 5.41. The lowest BCUT2D eigenvalue weighted by Crippen LogP contribution is -2.40. The summed E-state index contributed by atoms with van der Waals surface area (Å²) in [7, 11) is 1.59. The predicted molar refractivity (Wildman–Crippen MR) is 77.3 cm³/mol. The molecule has 3 heterocycles. The van der Waals surface area contributed by atoms with Gasteiger partial charge in [0, 0.05) is 51.6 Å². The first-order valence-corrected chi connectivity index (χ1v) is 7.65. The molecule has 0 unspecified atom stereocenters. The number of alkyl halides is 2. The van der Waals surface area contributed by atoms with E-state index >= 15 is 0 Å². The van der Waals surface area contributed by atoms with Gasteiger partial charge in [-0.25, -0.2) is 18.7 Å². The zero-order chi connectivity index (χ0) is 15.6. The Bertz CT molecular complexity index is 512. The lowest BCUT2D eigenvalue weighted by atomic mass is 10.0. The maximum absolute atomic E-state index is 13.3. The first-order chi connectivity index (χ1) is 10.6. The number of hydrogen-bond donors (Lipinski definition) is 0. The molecule has 2 aliphatic heterocycles. The van der Waals surface area contributed by atoms with E-state index in [1.807, 2.05) is 11.0 Å². The van der Waals surface area contributed by atoms with Gasteiger partial charge < -0.3 is 14.4 Å². The van der Waals surface area contributed by atoms with Crippen molar-refractivity contribution in [2.24, 2.45) is 0 Å². The van der Waals surface area contributed by atoms with Crippen LogP contribution in [0.2, 0.25) is 0 Å². The number of anilines is 1. The lowest BCUT2D eigenvalue weighted by molar-refractivity contribution is -0.0221. The quantitative estimate of drug-likeness (QED) is 0.854. The minimum Gasteiger partial charge on any atom is -0.381 e. The minimum absolute atomic E-state index is 0.127. The number of methoxy groups -OCH3 is 1. The number of ether oxygens (including phenoxy) is 2. The van der Waals surface area contributed by atoms with Crippen LogP contribution in [-0.4, -0.2) is 49.3 Å². The Morgan fingerprint density at radius 2 is 2.14 bits per heavy atom. The molecule has 2 aliphatic rings. The average molecular weight is 313 g/mol. The maximum Gasteiger partial charge on any atom is 0.251 e. The van der Waals surface area contributed by atoms with E-state index in [0.717, 1.165) is 24.5 Å². The Hall–Kier alpha value is -1.34. The Labute approximate surface area is 128 Å². The van der Waals surface area contributed by atoms with Gasteiger partial charge in [-0.05, 0) is 6.42 Å². The van der Waals surface area contributed by atoms with Crippen LogP contribution in [-0.2, 0) is 16.1 Å². The number of halogens is 2. The van der Waals surface area contributed by atoms with E-state index in [4.69, 9.17) is 9.47 Å². The first kappa shape index (κ1) is 15.6. The predicted octanol–water partition coefficient (Wildman–Crippen LogP) is 2.36. The van der Waals surface area contributed by atoms with Gasteiger partial charge in [0.25, 0.3) is 5.92 Å². The summed E-state index contributed by atoms with van der Waals surface area (Å²) in [4.78, 5) is 10.9. The van der Waals surface area contributed by atoms with Gasteiger partial charge in [0.1, 0.15) is 12.4 Å². The molecule has 2 saturated heterocycles. The van der Waals surface area contributed by atoms with Gasteiger partial charge in [-0.2, -0.15) is 0 Å². The summed E-state index contributed by atoms with van der Waals surface area (Å²) < 4.78 is 37.2. The van der Waals surface area contributed by atoms with E-state index in [2.05, 4.69) is 9.97 Å². The van der Waals surface area contributed by atoms with E-state index in [0.29, 0.717) is 32.1 Å². The second kappa shape index (κ2) is 6.42. The highest BCUT2D eigenvalue weighted by Crippen LogP contribution is 2.31. The summed E-state index contributed by atoms with van der Waals surface area (Å²) in [6, 6.07) is 1.92. The molecule has 0 amide bonds.